The van der Waals surface area contributed by atoms with E-state index in [2.05, 4.69) is 46.6 Å². The van der Waals surface area contributed by atoms with E-state index in [1.165, 1.54) is 33.8 Å². The van der Waals surface area contributed by atoms with Crippen molar-refractivity contribution < 1.29 is 9.90 Å². The van der Waals surface area contributed by atoms with Crippen molar-refractivity contribution >= 4 is 28.0 Å². The number of hydrogen-bond donors (Lipinski definition) is 1. The van der Waals surface area contributed by atoms with E-state index in [0.717, 1.165) is 5.69 Å². The quantitative estimate of drug-likeness (QED) is 0.746. The number of carboxylic acid groups (broad SMARTS) is 1. The van der Waals surface area contributed by atoms with E-state index in [9.17, 15) is 4.79 Å². The van der Waals surface area contributed by atoms with Crippen LogP contribution in [-0.2, 0) is 10.8 Å². The molecule has 2 aromatic rings. The highest BCUT2D eigenvalue weighted by Gasteiger charge is 2.41. The van der Waals surface area contributed by atoms with Crippen LogP contribution < -0.4 is 4.90 Å². The fraction of sp³-hybridized carbons (Fsp3) is 0.476. The minimum Gasteiger partial charge on any atom is -0.478 e. The maximum atomic E-state index is 11.1. The molecule has 0 atom stereocenters. The highest BCUT2D eigenvalue weighted by atomic mass is 32.1. The number of anilines is 2. The van der Waals surface area contributed by atoms with Gasteiger partial charge in [-0.25, -0.2) is 4.79 Å². The topological polar surface area (TPSA) is 40.5 Å². The first-order valence-electron chi connectivity index (χ1n) is 8.76. The molecule has 1 N–H and O–H groups in total. The Hall–Kier alpha value is -1.81. The van der Waals surface area contributed by atoms with Gasteiger partial charge in [-0.15, -0.1) is 11.3 Å². The van der Waals surface area contributed by atoms with Gasteiger partial charge >= 0.3 is 5.97 Å². The van der Waals surface area contributed by atoms with Gasteiger partial charge in [0.05, 0.1) is 10.6 Å². The summed E-state index contributed by atoms with van der Waals surface area (Å²) >= 11 is 1.89. The number of rotatable bonds is 3. The van der Waals surface area contributed by atoms with Gasteiger partial charge < -0.3 is 10.0 Å². The molecule has 0 aliphatic heterocycles. The molecule has 1 aliphatic rings. The van der Waals surface area contributed by atoms with Crippen LogP contribution in [0.2, 0.25) is 0 Å². The van der Waals surface area contributed by atoms with Crippen molar-refractivity contribution in [2.45, 2.75) is 58.3 Å². The fourth-order valence-corrected chi connectivity index (χ4v) is 5.52. The minimum atomic E-state index is -0.888. The number of thiophene rings is 1. The maximum absolute atomic E-state index is 11.1. The second-order valence-corrected chi connectivity index (χ2v) is 9.41. The molecule has 0 spiro atoms. The number of nitrogens with zero attached hydrogens (tertiary/aromatic N) is 1. The Bertz CT molecular complexity index is 815. The van der Waals surface area contributed by atoms with Gasteiger partial charge in [0, 0.05) is 17.6 Å². The lowest BCUT2D eigenvalue weighted by atomic mass is 9.66. The SMILES string of the molecule is Cc1c(N(C)c2ccc(C(=O)O)cc2)sc2c1C(C)(C)CCC2(C)C. The number of carboxylic acids is 1. The van der Waals surface area contributed by atoms with Crippen LogP contribution in [0.15, 0.2) is 24.3 Å². The first kappa shape index (κ1) is 18.0. The lowest BCUT2D eigenvalue weighted by Gasteiger charge is -2.39. The summed E-state index contributed by atoms with van der Waals surface area (Å²) in [5.74, 6) is -0.888. The summed E-state index contributed by atoms with van der Waals surface area (Å²) in [6.07, 6.45) is 2.42. The fourth-order valence-electron chi connectivity index (χ4n) is 3.92. The monoisotopic (exact) mass is 357 g/mol. The molecule has 4 heteroatoms. The van der Waals surface area contributed by atoms with Crippen LogP contribution >= 0.6 is 11.3 Å². The van der Waals surface area contributed by atoms with Gasteiger partial charge in [-0.3, -0.25) is 0 Å². The summed E-state index contributed by atoms with van der Waals surface area (Å²) in [7, 11) is 2.07. The molecule has 1 aromatic carbocycles. The highest BCUT2D eigenvalue weighted by molar-refractivity contribution is 7.16. The van der Waals surface area contributed by atoms with E-state index < -0.39 is 5.97 Å². The highest BCUT2D eigenvalue weighted by Crippen LogP contribution is 2.54. The second-order valence-electron chi connectivity index (χ2n) is 8.42. The average Bonchev–Trinajstić information content (AvgIpc) is 2.91. The third kappa shape index (κ3) is 2.97. The number of fused-ring (bicyclic) bond motifs is 1. The molecular formula is C21H27NO2S. The summed E-state index contributed by atoms with van der Waals surface area (Å²) in [5.41, 5.74) is 4.63. The summed E-state index contributed by atoms with van der Waals surface area (Å²) < 4.78 is 0. The largest absolute Gasteiger partial charge is 0.478 e. The van der Waals surface area contributed by atoms with Crippen LogP contribution in [0.3, 0.4) is 0 Å². The van der Waals surface area contributed by atoms with Crippen LogP contribution in [0.25, 0.3) is 0 Å². The van der Waals surface area contributed by atoms with Gasteiger partial charge in [0.2, 0.25) is 0 Å². The van der Waals surface area contributed by atoms with Gasteiger partial charge in [-0.1, -0.05) is 27.7 Å². The molecule has 0 saturated heterocycles. The average molecular weight is 358 g/mol. The minimum absolute atomic E-state index is 0.206. The van der Waals surface area contributed by atoms with Crippen molar-refractivity contribution in [2.24, 2.45) is 0 Å². The Morgan fingerprint density at radius 1 is 1.08 bits per heavy atom. The van der Waals surface area contributed by atoms with Gasteiger partial charge in [0.15, 0.2) is 0 Å². The Balaban J connectivity index is 2.06. The number of benzene rings is 1. The van der Waals surface area contributed by atoms with E-state index in [0.29, 0.717) is 5.56 Å². The molecule has 3 nitrogen and oxygen atoms in total. The third-order valence-corrected chi connectivity index (χ3v) is 7.33. The Morgan fingerprint density at radius 2 is 1.64 bits per heavy atom. The molecule has 3 rings (SSSR count). The van der Waals surface area contributed by atoms with E-state index in [4.69, 9.17) is 5.11 Å². The molecule has 1 aromatic heterocycles. The molecule has 134 valence electrons. The van der Waals surface area contributed by atoms with Crippen molar-refractivity contribution in [1.82, 2.24) is 0 Å². The zero-order valence-corrected chi connectivity index (χ0v) is 16.8. The molecule has 1 aliphatic carbocycles. The predicted molar refractivity (Wildman–Crippen MR) is 106 cm³/mol. The summed E-state index contributed by atoms with van der Waals surface area (Å²) in [6.45, 7) is 11.6. The zero-order valence-electron chi connectivity index (χ0n) is 15.9. The Morgan fingerprint density at radius 3 is 2.16 bits per heavy atom. The predicted octanol–water partition coefficient (Wildman–Crippen LogP) is 5.87. The molecule has 0 fully saturated rings. The van der Waals surface area contributed by atoms with Gasteiger partial charge in [0.25, 0.3) is 0 Å². The van der Waals surface area contributed by atoms with E-state index >= 15 is 0 Å². The summed E-state index contributed by atoms with van der Waals surface area (Å²) in [4.78, 5) is 14.8. The van der Waals surface area contributed by atoms with Gasteiger partial charge in [-0.2, -0.15) is 0 Å². The summed E-state index contributed by atoms with van der Waals surface area (Å²) in [6, 6.07) is 7.12. The van der Waals surface area contributed by atoms with Crippen molar-refractivity contribution in [1.29, 1.82) is 0 Å². The molecule has 0 amide bonds. The van der Waals surface area contributed by atoms with Crippen LogP contribution in [-0.4, -0.2) is 18.1 Å². The van der Waals surface area contributed by atoms with Crippen LogP contribution in [0, 0.1) is 6.92 Å². The van der Waals surface area contributed by atoms with E-state index in [-0.39, 0.29) is 10.8 Å². The van der Waals surface area contributed by atoms with Crippen molar-refractivity contribution in [3.8, 4) is 0 Å². The molecule has 0 unspecified atom stereocenters. The van der Waals surface area contributed by atoms with Gasteiger partial charge in [-0.05, 0) is 66.0 Å². The molecule has 1 heterocycles. The van der Waals surface area contributed by atoms with Crippen molar-refractivity contribution in [2.75, 3.05) is 11.9 Å². The second kappa shape index (κ2) is 5.87. The first-order chi connectivity index (χ1) is 11.5. The molecule has 0 radical (unpaired) electrons. The van der Waals surface area contributed by atoms with Gasteiger partial charge in [0.1, 0.15) is 0 Å². The smallest absolute Gasteiger partial charge is 0.335 e. The van der Waals surface area contributed by atoms with Crippen LogP contribution in [0.5, 0.6) is 0 Å². The van der Waals surface area contributed by atoms with E-state index in [1.54, 1.807) is 12.1 Å². The third-order valence-electron chi connectivity index (χ3n) is 5.59. The maximum Gasteiger partial charge on any atom is 0.335 e. The molecule has 0 bridgehead atoms. The Kier molecular flexibility index (Phi) is 4.23. The lowest BCUT2D eigenvalue weighted by Crippen LogP contribution is -2.32. The number of aromatic carboxylic acids is 1. The van der Waals surface area contributed by atoms with Crippen LogP contribution in [0.4, 0.5) is 10.7 Å². The molecule has 0 saturated carbocycles. The molecule has 25 heavy (non-hydrogen) atoms. The number of carbonyl (C=O) groups is 1. The Labute approximate surface area is 154 Å². The van der Waals surface area contributed by atoms with E-state index in [1.807, 2.05) is 23.5 Å². The summed E-state index contributed by atoms with van der Waals surface area (Å²) in [5, 5.41) is 10.3. The van der Waals surface area contributed by atoms with Crippen LogP contribution in [0.1, 0.15) is 66.9 Å². The molecular weight excluding hydrogens is 330 g/mol. The number of hydrogen-bond acceptors (Lipinski definition) is 3. The standard InChI is InChI=1S/C21H27NO2S/c1-13-16-17(21(4,5)12-11-20(16,2)3)25-18(13)22(6)15-9-7-14(8-10-15)19(23)24/h7-10H,11-12H2,1-6H3,(H,23,24). The normalized spacial score (nSPS) is 17.8. The first-order valence-corrected chi connectivity index (χ1v) is 9.58. The van der Waals surface area contributed by atoms with Crippen molar-refractivity contribution in [3.05, 3.63) is 45.8 Å². The van der Waals surface area contributed by atoms with Crippen molar-refractivity contribution in [3.63, 3.8) is 0 Å². The lowest BCUT2D eigenvalue weighted by molar-refractivity contribution is 0.0697. The zero-order chi connectivity index (χ0) is 18.6.